The van der Waals surface area contributed by atoms with Crippen molar-refractivity contribution in [3.05, 3.63) is 63.9 Å². The van der Waals surface area contributed by atoms with Gasteiger partial charge in [-0.1, -0.05) is 35.0 Å². The lowest BCUT2D eigenvalue weighted by atomic mass is 10.0. The molecule has 0 spiro atoms. The molecular formula is C16H17BrN2O2S. The molecule has 0 fully saturated rings. The first kappa shape index (κ1) is 16.8. The van der Waals surface area contributed by atoms with Gasteiger partial charge in [0.2, 0.25) is 5.91 Å². The van der Waals surface area contributed by atoms with Gasteiger partial charge in [0, 0.05) is 16.6 Å². The van der Waals surface area contributed by atoms with Crippen LogP contribution in [0.4, 0.5) is 0 Å². The molecule has 0 aliphatic carbocycles. The standard InChI is InChI=1S/C16H17BrN2O2S/c1-2-14(12-6-8-13(17)9-7-12)18-15(20)11-22-16-5-3-4-10-19(16)21/h3-10,14H,2,11H2,1H3,(H,18,20)/t14-/m0/s1. The fraction of sp³-hybridized carbons (Fsp3) is 0.250. The first-order chi connectivity index (χ1) is 10.6. The average molecular weight is 381 g/mol. The van der Waals surface area contributed by atoms with Crippen molar-refractivity contribution in [2.75, 3.05) is 5.75 Å². The molecule has 0 radical (unpaired) electrons. The van der Waals surface area contributed by atoms with E-state index >= 15 is 0 Å². The second kappa shape index (κ2) is 8.19. The van der Waals surface area contributed by atoms with Gasteiger partial charge < -0.3 is 10.5 Å². The summed E-state index contributed by atoms with van der Waals surface area (Å²) >= 11 is 4.64. The van der Waals surface area contributed by atoms with Gasteiger partial charge in [-0.3, -0.25) is 4.79 Å². The van der Waals surface area contributed by atoms with Crippen LogP contribution in [-0.4, -0.2) is 11.7 Å². The number of thioether (sulfide) groups is 1. The highest BCUT2D eigenvalue weighted by Crippen LogP contribution is 2.20. The SMILES string of the molecule is CC[C@H](NC(=O)CSc1cccc[n+]1[O-])c1ccc(Br)cc1. The Hall–Kier alpha value is -1.53. The summed E-state index contributed by atoms with van der Waals surface area (Å²) in [6.07, 6.45) is 2.24. The number of benzene rings is 1. The minimum Gasteiger partial charge on any atom is -0.618 e. The van der Waals surface area contributed by atoms with Crippen LogP contribution in [0, 0.1) is 5.21 Å². The minimum atomic E-state index is -0.0800. The maximum absolute atomic E-state index is 12.1. The van der Waals surface area contributed by atoms with E-state index in [0.717, 1.165) is 21.2 Å². The fourth-order valence-corrected chi connectivity index (χ4v) is 3.01. The summed E-state index contributed by atoms with van der Waals surface area (Å²) in [5.74, 6) is 0.142. The average Bonchev–Trinajstić information content (AvgIpc) is 2.53. The Kier molecular flexibility index (Phi) is 6.27. The van der Waals surface area contributed by atoms with E-state index in [1.54, 1.807) is 18.2 Å². The molecule has 1 N–H and O–H groups in total. The monoisotopic (exact) mass is 380 g/mol. The molecule has 1 aromatic heterocycles. The predicted molar refractivity (Wildman–Crippen MR) is 91.4 cm³/mol. The van der Waals surface area contributed by atoms with E-state index in [9.17, 15) is 10.0 Å². The Labute approximate surface area is 142 Å². The number of halogens is 1. The summed E-state index contributed by atoms with van der Waals surface area (Å²) in [7, 11) is 0. The van der Waals surface area contributed by atoms with Crippen LogP contribution in [-0.2, 0) is 4.79 Å². The number of carbonyl (C=O) groups excluding carboxylic acids is 1. The highest BCUT2D eigenvalue weighted by molar-refractivity contribution is 9.10. The zero-order valence-corrected chi connectivity index (χ0v) is 14.6. The van der Waals surface area contributed by atoms with E-state index in [4.69, 9.17) is 0 Å². The van der Waals surface area contributed by atoms with Crippen molar-refractivity contribution in [1.82, 2.24) is 5.32 Å². The van der Waals surface area contributed by atoms with E-state index in [0.29, 0.717) is 5.03 Å². The summed E-state index contributed by atoms with van der Waals surface area (Å²) in [5, 5.41) is 15.1. The summed E-state index contributed by atoms with van der Waals surface area (Å²) in [6, 6.07) is 13.0. The molecule has 1 aromatic carbocycles. The number of amides is 1. The molecule has 1 atom stereocenters. The van der Waals surface area contributed by atoms with Crippen LogP contribution < -0.4 is 10.0 Å². The molecule has 22 heavy (non-hydrogen) atoms. The fourth-order valence-electron chi connectivity index (χ4n) is 2.02. The first-order valence-electron chi connectivity index (χ1n) is 6.96. The van der Waals surface area contributed by atoms with E-state index in [2.05, 4.69) is 21.2 Å². The molecule has 0 unspecified atom stereocenters. The second-order valence-electron chi connectivity index (χ2n) is 4.73. The molecule has 0 aliphatic rings. The van der Waals surface area contributed by atoms with Crippen LogP contribution in [0.15, 0.2) is 58.2 Å². The maximum atomic E-state index is 12.1. The van der Waals surface area contributed by atoms with Crippen LogP contribution in [0.5, 0.6) is 0 Å². The van der Waals surface area contributed by atoms with Crippen molar-refractivity contribution in [2.45, 2.75) is 24.4 Å². The number of hydrogen-bond donors (Lipinski definition) is 1. The Balaban J connectivity index is 1.92. The third-order valence-electron chi connectivity index (χ3n) is 3.16. The van der Waals surface area contributed by atoms with E-state index < -0.39 is 0 Å². The molecule has 0 saturated carbocycles. The Bertz CT molecular complexity index is 634. The van der Waals surface area contributed by atoms with Gasteiger partial charge in [0.1, 0.15) is 0 Å². The van der Waals surface area contributed by atoms with Crippen LogP contribution in [0.1, 0.15) is 24.9 Å². The van der Waals surface area contributed by atoms with Crippen molar-refractivity contribution < 1.29 is 9.52 Å². The van der Waals surface area contributed by atoms with Gasteiger partial charge in [-0.25, -0.2) is 0 Å². The molecule has 116 valence electrons. The smallest absolute Gasteiger partial charge is 0.251 e. The van der Waals surface area contributed by atoms with Crippen LogP contribution in [0.2, 0.25) is 0 Å². The number of nitrogens with zero attached hydrogens (tertiary/aromatic N) is 1. The minimum absolute atomic E-state index is 0.0173. The van der Waals surface area contributed by atoms with Gasteiger partial charge in [-0.05, 0) is 41.9 Å². The van der Waals surface area contributed by atoms with Crippen LogP contribution in [0.3, 0.4) is 0 Å². The van der Waals surface area contributed by atoms with Crippen molar-refractivity contribution in [2.24, 2.45) is 0 Å². The molecule has 0 bridgehead atoms. The van der Waals surface area contributed by atoms with Crippen LogP contribution >= 0.6 is 27.7 Å². The topological polar surface area (TPSA) is 56.0 Å². The first-order valence-corrected chi connectivity index (χ1v) is 8.74. The van der Waals surface area contributed by atoms with Crippen molar-refractivity contribution in [1.29, 1.82) is 0 Å². The van der Waals surface area contributed by atoms with Gasteiger partial charge in [-0.15, -0.1) is 0 Å². The Morgan fingerprint density at radius 2 is 2.05 bits per heavy atom. The van der Waals surface area contributed by atoms with E-state index in [1.807, 2.05) is 31.2 Å². The lowest BCUT2D eigenvalue weighted by Crippen LogP contribution is -2.31. The zero-order valence-electron chi connectivity index (χ0n) is 12.2. The second-order valence-corrected chi connectivity index (χ2v) is 6.64. The lowest BCUT2D eigenvalue weighted by Gasteiger charge is -2.17. The molecule has 0 saturated heterocycles. The number of aromatic nitrogens is 1. The largest absolute Gasteiger partial charge is 0.618 e. The quantitative estimate of drug-likeness (QED) is 0.474. The molecule has 2 rings (SSSR count). The predicted octanol–water partition coefficient (Wildman–Crippen LogP) is 3.44. The number of carbonyl (C=O) groups is 1. The van der Waals surface area contributed by atoms with Gasteiger partial charge in [0.25, 0.3) is 5.03 Å². The third-order valence-corrected chi connectivity index (χ3v) is 4.70. The molecule has 2 aromatic rings. The number of rotatable bonds is 6. The van der Waals surface area contributed by atoms with Gasteiger partial charge >= 0.3 is 0 Å². The molecule has 1 heterocycles. The summed E-state index contributed by atoms with van der Waals surface area (Å²) in [4.78, 5) is 12.1. The Morgan fingerprint density at radius 1 is 1.32 bits per heavy atom. The number of pyridine rings is 1. The highest BCUT2D eigenvalue weighted by atomic mass is 79.9. The van der Waals surface area contributed by atoms with Crippen LogP contribution in [0.25, 0.3) is 0 Å². The summed E-state index contributed by atoms with van der Waals surface area (Å²) in [6.45, 7) is 2.03. The zero-order chi connectivity index (χ0) is 15.9. The van der Waals surface area contributed by atoms with E-state index in [1.165, 1.54) is 18.0 Å². The van der Waals surface area contributed by atoms with E-state index in [-0.39, 0.29) is 17.7 Å². The maximum Gasteiger partial charge on any atom is 0.251 e. The summed E-state index contributed by atoms with van der Waals surface area (Å²) < 4.78 is 1.78. The molecule has 6 heteroatoms. The highest BCUT2D eigenvalue weighted by Gasteiger charge is 2.14. The lowest BCUT2D eigenvalue weighted by molar-refractivity contribution is -0.645. The normalized spacial score (nSPS) is 11.9. The Morgan fingerprint density at radius 3 is 2.68 bits per heavy atom. The molecule has 0 aliphatic heterocycles. The van der Waals surface area contributed by atoms with Crippen molar-refractivity contribution >= 4 is 33.6 Å². The van der Waals surface area contributed by atoms with Gasteiger partial charge in [-0.2, -0.15) is 4.73 Å². The molecular weight excluding hydrogens is 364 g/mol. The molecule has 4 nitrogen and oxygen atoms in total. The number of nitrogens with one attached hydrogen (secondary N) is 1. The molecule has 1 amide bonds. The van der Waals surface area contributed by atoms with Gasteiger partial charge in [0.15, 0.2) is 6.20 Å². The number of hydrogen-bond acceptors (Lipinski definition) is 3. The van der Waals surface area contributed by atoms with Crippen molar-refractivity contribution in [3.63, 3.8) is 0 Å². The van der Waals surface area contributed by atoms with Gasteiger partial charge in [0.05, 0.1) is 11.8 Å². The third kappa shape index (κ3) is 4.74. The summed E-state index contributed by atoms with van der Waals surface area (Å²) in [5.41, 5.74) is 1.07. The van der Waals surface area contributed by atoms with Crippen molar-refractivity contribution in [3.8, 4) is 0 Å².